The summed E-state index contributed by atoms with van der Waals surface area (Å²) < 4.78 is 36.4. The molecule has 1 amide bonds. The van der Waals surface area contributed by atoms with Gasteiger partial charge in [-0.3, -0.25) is 9.78 Å². The summed E-state index contributed by atoms with van der Waals surface area (Å²) in [4.78, 5) is 18.9. The van der Waals surface area contributed by atoms with Crippen LogP contribution in [0, 0.1) is 12.8 Å². The van der Waals surface area contributed by atoms with Crippen molar-refractivity contribution < 1.29 is 18.3 Å². The van der Waals surface area contributed by atoms with Crippen LogP contribution in [-0.2, 0) is 11.8 Å². The van der Waals surface area contributed by atoms with Crippen molar-refractivity contribution in [3.8, 4) is 11.3 Å². The highest BCUT2D eigenvalue weighted by Gasteiger charge is 2.46. The van der Waals surface area contributed by atoms with Gasteiger partial charge in [0.25, 0.3) is 11.8 Å². The number of benzene rings is 1. The third-order valence-electron chi connectivity index (χ3n) is 7.64. The number of fused-ring (bicyclic) bond motifs is 3. The number of carbonyl (C=O) groups excluding carboxylic acids is 1. The van der Waals surface area contributed by atoms with Crippen LogP contribution in [0.15, 0.2) is 30.5 Å². The minimum atomic E-state index is -2.80. The molecule has 5 heterocycles. The number of hydrogen-bond donors (Lipinski definition) is 0. The Morgan fingerprint density at radius 1 is 1.17 bits per heavy atom. The van der Waals surface area contributed by atoms with Gasteiger partial charge in [-0.05, 0) is 56.9 Å². The SMILES string of the molecule is Cc1nnn(C)c1-c1cnc2c3cc(C(=O)N4CC(F)(F)C4)ccc3n(C(C)C3CCOCC3)c2c1. The number of amides is 1. The number of hydrogen-bond acceptors (Lipinski definition) is 5. The van der Waals surface area contributed by atoms with Crippen molar-refractivity contribution >= 4 is 27.8 Å². The highest BCUT2D eigenvalue weighted by Crippen LogP contribution is 2.38. The van der Waals surface area contributed by atoms with Crippen LogP contribution in [0.1, 0.15) is 41.9 Å². The van der Waals surface area contributed by atoms with Crippen LogP contribution >= 0.6 is 0 Å². The van der Waals surface area contributed by atoms with Gasteiger partial charge in [0.05, 0.1) is 41.0 Å². The van der Waals surface area contributed by atoms with E-state index in [1.807, 2.05) is 20.0 Å². The molecule has 0 spiro atoms. The molecule has 3 aromatic heterocycles. The lowest BCUT2D eigenvalue weighted by molar-refractivity contribution is -0.113. The molecule has 36 heavy (non-hydrogen) atoms. The molecule has 0 N–H and O–H groups in total. The number of halogens is 2. The van der Waals surface area contributed by atoms with Gasteiger partial charge in [-0.2, -0.15) is 0 Å². The molecule has 2 aliphatic heterocycles. The topological polar surface area (TPSA) is 78.1 Å². The largest absolute Gasteiger partial charge is 0.381 e. The van der Waals surface area contributed by atoms with E-state index in [9.17, 15) is 13.6 Å². The van der Waals surface area contributed by atoms with Crippen LogP contribution in [0.3, 0.4) is 0 Å². The molecule has 2 fully saturated rings. The third kappa shape index (κ3) is 3.66. The normalized spacial score (nSPS) is 19.1. The maximum atomic E-state index is 13.4. The van der Waals surface area contributed by atoms with Gasteiger partial charge in [0.15, 0.2) is 0 Å². The van der Waals surface area contributed by atoms with E-state index >= 15 is 0 Å². The van der Waals surface area contributed by atoms with Crippen molar-refractivity contribution in [3.05, 3.63) is 41.7 Å². The Morgan fingerprint density at radius 2 is 1.92 bits per heavy atom. The van der Waals surface area contributed by atoms with Crippen LogP contribution in [0.25, 0.3) is 33.2 Å². The number of aryl methyl sites for hydroxylation is 2. The zero-order valence-electron chi connectivity index (χ0n) is 20.5. The second kappa shape index (κ2) is 8.33. The van der Waals surface area contributed by atoms with Gasteiger partial charge in [-0.1, -0.05) is 5.21 Å². The maximum Gasteiger partial charge on any atom is 0.282 e. The fourth-order valence-electron chi connectivity index (χ4n) is 5.71. The molecule has 6 rings (SSSR count). The Hall–Kier alpha value is -3.40. The molecule has 4 aromatic rings. The number of ether oxygens (including phenoxy) is 1. The number of carbonyl (C=O) groups is 1. The van der Waals surface area contributed by atoms with Gasteiger partial charge in [-0.25, -0.2) is 13.5 Å². The van der Waals surface area contributed by atoms with Crippen LogP contribution in [0.5, 0.6) is 0 Å². The van der Waals surface area contributed by atoms with Crippen LogP contribution < -0.4 is 0 Å². The maximum absolute atomic E-state index is 13.4. The van der Waals surface area contributed by atoms with E-state index in [1.54, 1.807) is 23.0 Å². The summed E-state index contributed by atoms with van der Waals surface area (Å²) in [5, 5.41) is 9.17. The monoisotopic (exact) mass is 494 g/mol. The molecule has 0 aliphatic carbocycles. The van der Waals surface area contributed by atoms with Crippen LogP contribution in [-0.4, -0.2) is 67.6 Å². The highest BCUT2D eigenvalue weighted by atomic mass is 19.3. The molecule has 0 radical (unpaired) electrons. The van der Waals surface area contributed by atoms with E-state index < -0.39 is 19.0 Å². The van der Waals surface area contributed by atoms with Gasteiger partial charge in [-0.15, -0.1) is 5.10 Å². The standard InChI is InChI=1S/C26H28F2N6O2/c1-15-24(32(3)31-30-15)19-11-22-23(29-12-19)20-10-18(25(35)33-13-26(27,28)14-33)4-5-21(20)34(22)16(2)17-6-8-36-9-7-17/h4-5,10-12,16-17H,6-9,13-14H2,1-3H3. The van der Waals surface area contributed by atoms with Gasteiger partial charge in [0, 0.05) is 49.0 Å². The Balaban J connectivity index is 1.51. The number of pyridine rings is 1. The minimum absolute atomic E-state index is 0.173. The lowest BCUT2D eigenvalue weighted by Gasteiger charge is -2.38. The first kappa shape index (κ1) is 23.0. The predicted molar refractivity (Wildman–Crippen MR) is 131 cm³/mol. The summed E-state index contributed by atoms with van der Waals surface area (Å²) in [6, 6.07) is 7.75. The van der Waals surface area contributed by atoms with Gasteiger partial charge >= 0.3 is 0 Å². The molecule has 0 saturated carbocycles. The van der Waals surface area contributed by atoms with Crippen molar-refractivity contribution in [3.63, 3.8) is 0 Å². The average Bonchev–Trinajstić information content (AvgIpc) is 3.37. The fraction of sp³-hybridized carbons (Fsp3) is 0.462. The summed E-state index contributed by atoms with van der Waals surface area (Å²) in [7, 11) is 1.86. The van der Waals surface area contributed by atoms with Gasteiger partial charge < -0.3 is 14.2 Å². The molecular weight excluding hydrogens is 466 g/mol. The van der Waals surface area contributed by atoms with Gasteiger partial charge in [0.2, 0.25) is 0 Å². The molecular formula is C26H28F2N6O2. The van der Waals surface area contributed by atoms with Crippen molar-refractivity contribution in [2.24, 2.45) is 13.0 Å². The van der Waals surface area contributed by atoms with Gasteiger partial charge in [0.1, 0.15) is 0 Å². The second-order valence-corrected chi connectivity index (χ2v) is 10.0. The van der Waals surface area contributed by atoms with E-state index in [4.69, 9.17) is 9.72 Å². The lowest BCUT2D eigenvalue weighted by Crippen LogP contribution is -2.58. The first-order valence-corrected chi connectivity index (χ1v) is 12.3. The summed E-state index contributed by atoms with van der Waals surface area (Å²) in [5.74, 6) is -2.74. The summed E-state index contributed by atoms with van der Waals surface area (Å²) in [6.45, 7) is 4.56. The van der Waals surface area contributed by atoms with Crippen molar-refractivity contribution in [1.29, 1.82) is 0 Å². The highest BCUT2D eigenvalue weighted by molar-refractivity contribution is 6.09. The molecule has 10 heteroatoms. The zero-order valence-corrected chi connectivity index (χ0v) is 20.5. The summed E-state index contributed by atoms with van der Waals surface area (Å²) >= 11 is 0. The van der Waals surface area contributed by atoms with Crippen LogP contribution in [0.2, 0.25) is 0 Å². The van der Waals surface area contributed by atoms with E-state index in [0.717, 1.165) is 64.9 Å². The number of nitrogens with zero attached hydrogens (tertiary/aromatic N) is 6. The Labute approximate surface area is 206 Å². The van der Waals surface area contributed by atoms with E-state index in [2.05, 4.69) is 27.9 Å². The quantitative estimate of drug-likeness (QED) is 0.421. The predicted octanol–water partition coefficient (Wildman–Crippen LogP) is 4.37. The molecule has 1 unspecified atom stereocenters. The smallest absolute Gasteiger partial charge is 0.282 e. The number of alkyl halides is 2. The fourth-order valence-corrected chi connectivity index (χ4v) is 5.71. The summed E-state index contributed by atoms with van der Waals surface area (Å²) in [6.07, 6.45) is 3.75. The average molecular weight is 495 g/mol. The molecule has 8 nitrogen and oxygen atoms in total. The minimum Gasteiger partial charge on any atom is -0.381 e. The molecule has 1 aromatic carbocycles. The van der Waals surface area contributed by atoms with Crippen molar-refractivity contribution in [1.82, 2.24) is 29.4 Å². The Morgan fingerprint density at radius 3 is 2.58 bits per heavy atom. The number of aromatic nitrogens is 5. The first-order chi connectivity index (χ1) is 17.2. The molecule has 2 aliphatic rings. The van der Waals surface area contributed by atoms with Crippen LogP contribution in [0.4, 0.5) is 8.78 Å². The molecule has 0 bridgehead atoms. The third-order valence-corrected chi connectivity index (χ3v) is 7.64. The Kier molecular flexibility index (Phi) is 5.33. The number of likely N-dealkylation sites (tertiary alicyclic amines) is 1. The first-order valence-electron chi connectivity index (χ1n) is 12.3. The van der Waals surface area contributed by atoms with E-state index in [0.29, 0.717) is 11.5 Å². The number of rotatable bonds is 4. The summed E-state index contributed by atoms with van der Waals surface area (Å²) in [5.41, 5.74) is 5.74. The van der Waals surface area contributed by atoms with E-state index in [1.165, 1.54) is 4.90 Å². The van der Waals surface area contributed by atoms with E-state index in [-0.39, 0.29) is 11.9 Å². The van der Waals surface area contributed by atoms with Crippen molar-refractivity contribution in [2.45, 2.75) is 38.7 Å². The molecule has 2 saturated heterocycles. The zero-order chi connectivity index (χ0) is 25.2. The Bertz CT molecular complexity index is 1460. The second-order valence-electron chi connectivity index (χ2n) is 10.0. The lowest BCUT2D eigenvalue weighted by atomic mass is 9.92. The van der Waals surface area contributed by atoms with Crippen molar-refractivity contribution in [2.75, 3.05) is 26.3 Å². The molecule has 188 valence electrons. The molecule has 1 atom stereocenters.